The number of aliphatic hydroxyl groups is 2. The van der Waals surface area contributed by atoms with Crippen molar-refractivity contribution < 1.29 is 15.0 Å². The number of carbonyl (C=O) groups excluding carboxylic acids is 1. The topological polar surface area (TPSA) is 92.7 Å². The van der Waals surface area contributed by atoms with Crippen LogP contribution in [0.4, 0.5) is 0 Å². The Hall–Kier alpha value is -1.44. The highest BCUT2D eigenvalue weighted by molar-refractivity contribution is 5.94. The minimum atomic E-state index is -0.697. The molecule has 2 aliphatic rings. The molecule has 1 fully saturated rings. The van der Waals surface area contributed by atoms with Gasteiger partial charge >= 0.3 is 0 Å². The van der Waals surface area contributed by atoms with Crippen LogP contribution in [0.5, 0.6) is 0 Å². The van der Waals surface area contributed by atoms with Gasteiger partial charge in [0.2, 0.25) is 0 Å². The van der Waals surface area contributed by atoms with Gasteiger partial charge in [-0.15, -0.1) is 0 Å². The molecule has 7 heteroatoms. The third kappa shape index (κ3) is 2.96. The van der Waals surface area contributed by atoms with Gasteiger partial charge in [-0.25, -0.2) is 0 Å². The number of aliphatic hydroxyl groups excluding tert-OH is 2. The summed E-state index contributed by atoms with van der Waals surface area (Å²) in [6, 6.07) is 0. The first kappa shape index (κ1) is 17.4. The summed E-state index contributed by atoms with van der Waals surface area (Å²) in [5.74, 6) is -0.120. The number of piperidine rings is 1. The Bertz CT molecular complexity index is 603. The molecule has 3 N–H and O–H groups in total. The van der Waals surface area contributed by atoms with Crippen molar-refractivity contribution in [2.75, 3.05) is 33.3 Å². The molecule has 3 rings (SSSR count). The lowest BCUT2D eigenvalue weighted by Gasteiger charge is -2.44. The Kier molecular flexibility index (Phi) is 4.94. The van der Waals surface area contributed by atoms with Crippen LogP contribution in [-0.4, -0.2) is 75.5 Å². The van der Waals surface area contributed by atoms with Crippen molar-refractivity contribution in [3.05, 3.63) is 17.0 Å². The molecule has 134 valence electrons. The number of β-amino-alcohol motifs (C(OH)–C–C–N with tert-alkyl or cyclic N) is 1. The highest BCUT2D eigenvalue weighted by Crippen LogP contribution is 2.36. The van der Waals surface area contributed by atoms with Crippen LogP contribution >= 0.6 is 0 Å². The number of rotatable bonds is 4. The number of likely N-dealkylation sites (tertiary alicyclic amines) is 1. The lowest BCUT2D eigenvalue weighted by Crippen LogP contribution is -2.54. The number of nitrogens with zero attached hydrogens (tertiary/aromatic N) is 3. The van der Waals surface area contributed by atoms with Gasteiger partial charge in [-0.2, -0.15) is 5.10 Å². The van der Waals surface area contributed by atoms with E-state index < -0.39 is 11.5 Å². The number of hydrogen-bond acceptors (Lipinski definition) is 5. The summed E-state index contributed by atoms with van der Waals surface area (Å²) in [5.41, 5.74) is 2.03. The second-order valence-electron chi connectivity index (χ2n) is 7.30. The minimum Gasteiger partial charge on any atom is -0.396 e. The maximum atomic E-state index is 12.9. The zero-order valence-electron chi connectivity index (χ0n) is 14.6. The third-order valence-electron chi connectivity index (χ3n) is 5.66. The molecule has 0 unspecified atom stereocenters. The molecular weight excluding hydrogens is 308 g/mol. The Morgan fingerprint density at radius 3 is 2.92 bits per heavy atom. The Labute approximate surface area is 142 Å². The van der Waals surface area contributed by atoms with Gasteiger partial charge in [0.05, 0.1) is 12.7 Å². The van der Waals surface area contributed by atoms with Crippen molar-refractivity contribution in [2.24, 2.45) is 5.41 Å². The second-order valence-corrected chi connectivity index (χ2v) is 7.30. The molecule has 2 atom stereocenters. The summed E-state index contributed by atoms with van der Waals surface area (Å²) in [6.07, 6.45) is 2.48. The number of likely N-dealkylation sites (N-methyl/N-ethyl adjacent to an activating group) is 1. The number of H-pyrrole nitrogens is 1. The molecule has 0 aromatic carbocycles. The summed E-state index contributed by atoms with van der Waals surface area (Å²) in [5, 5.41) is 27.6. The monoisotopic (exact) mass is 336 g/mol. The maximum absolute atomic E-state index is 12.9. The molecule has 2 aliphatic heterocycles. The zero-order valence-corrected chi connectivity index (χ0v) is 14.6. The molecule has 1 aromatic heterocycles. The number of aromatic amines is 1. The van der Waals surface area contributed by atoms with Gasteiger partial charge in [0.1, 0.15) is 0 Å². The van der Waals surface area contributed by atoms with E-state index >= 15 is 0 Å². The van der Waals surface area contributed by atoms with Gasteiger partial charge in [0.25, 0.3) is 5.91 Å². The highest BCUT2D eigenvalue weighted by atomic mass is 16.3. The molecule has 0 spiro atoms. The van der Waals surface area contributed by atoms with Gasteiger partial charge in [-0.3, -0.25) is 9.89 Å². The van der Waals surface area contributed by atoms with E-state index in [4.69, 9.17) is 0 Å². The van der Waals surface area contributed by atoms with Crippen molar-refractivity contribution in [1.82, 2.24) is 20.0 Å². The van der Waals surface area contributed by atoms with Crippen molar-refractivity contribution >= 4 is 5.91 Å². The maximum Gasteiger partial charge on any atom is 0.274 e. The first-order chi connectivity index (χ1) is 11.5. The molecule has 0 aliphatic carbocycles. The van der Waals surface area contributed by atoms with E-state index in [0.29, 0.717) is 18.7 Å². The first-order valence-corrected chi connectivity index (χ1v) is 8.83. The van der Waals surface area contributed by atoms with Gasteiger partial charge in [-0.05, 0) is 19.9 Å². The number of fused-ring (bicyclic) bond motifs is 1. The Morgan fingerprint density at radius 1 is 1.46 bits per heavy atom. The van der Waals surface area contributed by atoms with Gasteiger partial charge < -0.3 is 20.0 Å². The standard InChI is InChI=1S/C17H28N4O3/c1-3-5-17(11-22)6-8-21(10-14(17)23)16(24)15-12-9-20(2)7-4-13(12)18-19-15/h14,22-23H,3-11H2,1-2H3,(H,18,19)/t14-,17+/m0/s1. The molecule has 0 radical (unpaired) electrons. The molecular formula is C17H28N4O3. The van der Waals surface area contributed by atoms with Crippen LogP contribution in [0, 0.1) is 5.41 Å². The van der Waals surface area contributed by atoms with Gasteiger partial charge in [0.15, 0.2) is 5.69 Å². The van der Waals surface area contributed by atoms with E-state index in [0.717, 1.165) is 43.6 Å². The quantitative estimate of drug-likeness (QED) is 0.739. The van der Waals surface area contributed by atoms with E-state index in [9.17, 15) is 15.0 Å². The Morgan fingerprint density at radius 2 is 2.25 bits per heavy atom. The fourth-order valence-corrected chi connectivity index (χ4v) is 4.01. The minimum absolute atomic E-state index is 0.0351. The molecule has 1 amide bonds. The molecule has 1 aromatic rings. The molecule has 24 heavy (non-hydrogen) atoms. The summed E-state index contributed by atoms with van der Waals surface area (Å²) in [7, 11) is 2.04. The fraction of sp³-hybridized carbons (Fsp3) is 0.765. The van der Waals surface area contributed by atoms with Crippen LogP contribution in [0.3, 0.4) is 0 Å². The summed E-state index contributed by atoms with van der Waals surface area (Å²) < 4.78 is 0. The van der Waals surface area contributed by atoms with E-state index in [1.54, 1.807) is 4.90 Å². The summed E-state index contributed by atoms with van der Waals surface area (Å²) >= 11 is 0. The molecule has 0 bridgehead atoms. The van der Waals surface area contributed by atoms with Gasteiger partial charge in [-0.1, -0.05) is 13.3 Å². The number of carbonyl (C=O) groups is 1. The van der Waals surface area contributed by atoms with Crippen molar-refractivity contribution in [3.8, 4) is 0 Å². The first-order valence-electron chi connectivity index (χ1n) is 8.83. The second kappa shape index (κ2) is 6.82. The lowest BCUT2D eigenvalue weighted by molar-refractivity contribution is -0.0714. The average Bonchev–Trinajstić information content (AvgIpc) is 2.99. The van der Waals surface area contributed by atoms with E-state index in [1.807, 2.05) is 14.0 Å². The number of hydrogen-bond donors (Lipinski definition) is 3. The molecule has 0 saturated carbocycles. The van der Waals surface area contributed by atoms with E-state index in [-0.39, 0.29) is 19.1 Å². The normalized spacial score (nSPS) is 28.0. The summed E-state index contributed by atoms with van der Waals surface area (Å²) in [4.78, 5) is 16.8. The average molecular weight is 336 g/mol. The Balaban J connectivity index is 1.75. The van der Waals surface area contributed by atoms with Crippen LogP contribution in [0.25, 0.3) is 0 Å². The predicted molar refractivity (Wildman–Crippen MR) is 89.6 cm³/mol. The van der Waals surface area contributed by atoms with E-state index in [1.165, 1.54) is 0 Å². The highest BCUT2D eigenvalue weighted by Gasteiger charge is 2.43. The largest absolute Gasteiger partial charge is 0.396 e. The predicted octanol–water partition coefficient (Wildman–Crippen LogP) is 0.383. The summed E-state index contributed by atoms with van der Waals surface area (Å²) in [6.45, 7) is 4.51. The number of nitrogens with one attached hydrogen (secondary N) is 1. The van der Waals surface area contributed by atoms with Crippen LogP contribution < -0.4 is 0 Å². The number of aromatic nitrogens is 2. The van der Waals surface area contributed by atoms with Gasteiger partial charge in [0, 0.05) is 49.3 Å². The molecule has 7 nitrogen and oxygen atoms in total. The smallest absolute Gasteiger partial charge is 0.274 e. The van der Waals surface area contributed by atoms with Crippen LogP contribution in [0.2, 0.25) is 0 Å². The number of amides is 1. The fourth-order valence-electron chi connectivity index (χ4n) is 4.01. The van der Waals surface area contributed by atoms with Crippen LogP contribution in [0.15, 0.2) is 0 Å². The van der Waals surface area contributed by atoms with Crippen molar-refractivity contribution in [2.45, 2.75) is 45.3 Å². The molecule has 3 heterocycles. The molecule has 1 saturated heterocycles. The van der Waals surface area contributed by atoms with Crippen molar-refractivity contribution in [3.63, 3.8) is 0 Å². The van der Waals surface area contributed by atoms with Crippen LogP contribution in [-0.2, 0) is 13.0 Å². The lowest BCUT2D eigenvalue weighted by atomic mass is 9.73. The van der Waals surface area contributed by atoms with Crippen molar-refractivity contribution in [1.29, 1.82) is 0 Å². The van der Waals surface area contributed by atoms with Crippen LogP contribution in [0.1, 0.15) is 47.9 Å². The zero-order chi connectivity index (χ0) is 17.3. The third-order valence-corrected chi connectivity index (χ3v) is 5.66. The van der Waals surface area contributed by atoms with E-state index in [2.05, 4.69) is 15.1 Å². The SMILES string of the molecule is CCC[C@]1(CO)CCN(C(=O)c2n[nH]c3c2CN(C)CC3)C[C@@H]1O.